The van der Waals surface area contributed by atoms with E-state index in [1.165, 1.54) is 12.1 Å². The quantitative estimate of drug-likeness (QED) is 0.723. The lowest BCUT2D eigenvalue weighted by atomic mass is 10.2. The second-order valence-electron chi connectivity index (χ2n) is 3.67. The maximum Gasteiger partial charge on any atom is 0.258 e. The summed E-state index contributed by atoms with van der Waals surface area (Å²) < 4.78 is 15.0. The third-order valence-corrected chi connectivity index (χ3v) is 3.93. The van der Waals surface area contributed by atoms with Gasteiger partial charge in [0.2, 0.25) is 0 Å². The molecule has 2 rings (SSSR count). The van der Waals surface area contributed by atoms with E-state index in [-0.39, 0.29) is 5.56 Å². The molecular formula is C13H7Br2ClFNO. The summed E-state index contributed by atoms with van der Waals surface area (Å²) in [6.45, 7) is 0. The highest BCUT2D eigenvalue weighted by molar-refractivity contribution is 9.11. The zero-order valence-corrected chi connectivity index (χ0v) is 13.3. The molecule has 6 heteroatoms. The Kier molecular flexibility index (Phi) is 4.60. The Labute approximate surface area is 131 Å². The van der Waals surface area contributed by atoms with Crippen LogP contribution in [0, 0.1) is 5.82 Å². The van der Waals surface area contributed by atoms with Gasteiger partial charge in [0.05, 0.1) is 11.3 Å². The topological polar surface area (TPSA) is 29.1 Å². The molecular weight excluding hydrogens is 400 g/mol. The fraction of sp³-hybridized carbons (Fsp3) is 0. The van der Waals surface area contributed by atoms with E-state index in [0.29, 0.717) is 19.7 Å². The number of halogens is 4. The minimum absolute atomic E-state index is 0.102. The van der Waals surface area contributed by atoms with Crippen LogP contribution in [0.4, 0.5) is 10.1 Å². The molecule has 1 amide bonds. The molecule has 0 unspecified atom stereocenters. The van der Waals surface area contributed by atoms with Crippen LogP contribution in [0.25, 0.3) is 0 Å². The molecule has 0 bridgehead atoms. The average molecular weight is 407 g/mol. The molecule has 2 aromatic rings. The van der Waals surface area contributed by atoms with Gasteiger partial charge in [0.15, 0.2) is 0 Å². The van der Waals surface area contributed by atoms with Crippen LogP contribution in [-0.4, -0.2) is 5.91 Å². The van der Waals surface area contributed by atoms with Crippen molar-refractivity contribution in [3.05, 3.63) is 61.7 Å². The van der Waals surface area contributed by atoms with Crippen molar-refractivity contribution in [2.24, 2.45) is 0 Å². The minimum Gasteiger partial charge on any atom is -0.320 e. The molecule has 0 fully saturated rings. The van der Waals surface area contributed by atoms with Crippen molar-refractivity contribution in [2.75, 3.05) is 5.32 Å². The van der Waals surface area contributed by atoms with Gasteiger partial charge < -0.3 is 5.32 Å². The number of carbonyl (C=O) groups excluding carboxylic acids is 1. The SMILES string of the molecule is O=C(Nc1c(Br)cccc1Br)c1cc(Cl)ccc1F. The lowest BCUT2D eigenvalue weighted by molar-refractivity contribution is 0.102. The molecule has 0 atom stereocenters. The number of para-hydroxylation sites is 1. The standard InChI is InChI=1S/C13H7Br2ClFNO/c14-9-2-1-3-10(15)12(9)18-13(19)8-6-7(16)4-5-11(8)17/h1-6H,(H,18,19). The lowest BCUT2D eigenvalue weighted by Gasteiger charge is -2.10. The molecule has 0 aliphatic carbocycles. The highest BCUT2D eigenvalue weighted by atomic mass is 79.9. The number of hydrogen-bond donors (Lipinski definition) is 1. The normalized spacial score (nSPS) is 10.3. The fourth-order valence-electron chi connectivity index (χ4n) is 1.47. The van der Waals surface area contributed by atoms with Gasteiger partial charge in [0.1, 0.15) is 5.82 Å². The summed E-state index contributed by atoms with van der Waals surface area (Å²) in [6.07, 6.45) is 0. The van der Waals surface area contributed by atoms with Crippen LogP contribution in [-0.2, 0) is 0 Å². The van der Waals surface area contributed by atoms with Gasteiger partial charge >= 0.3 is 0 Å². The van der Waals surface area contributed by atoms with Gasteiger partial charge in [-0.05, 0) is 62.2 Å². The predicted octanol–water partition coefficient (Wildman–Crippen LogP) is 5.26. The number of carbonyl (C=O) groups is 1. The van der Waals surface area contributed by atoms with Crippen molar-refractivity contribution in [3.63, 3.8) is 0 Å². The number of anilines is 1. The van der Waals surface area contributed by atoms with Crippen LogP contribution >= 0.6 is 43.5 Å². The van der Waals surface area contributed by atoms with Gasteiger partial charge in [-0.25, -0.2) is 4.39 Å². The van der Waals surface area contributed by atoms with Gasteiger partial charge in [-0.2, -0.15) is 0 Å². The number of hydrogen-bond acceptors (Lipinski definition) is 1. The van der Waals surface area contributed by atoms with Gasteiger partial charge in [0, 0.05) is 14.0 Å². The molecule has 0 spiro atoms. The highest BCUT2D eigenvalue weighted by Crippen LogP contribution is 2.31. The largest absolute Gasteiger partial charge is 0.320 e. The minimum atomic E-state index is -0.620. The second kappa shape index (κ2) is 6.03. The molecule has 1 N–H and O–H groups in total. The molecule has 2 nitrogen and oxygen atoms in total. The maximum absolute atomic E-state index is 13.6. The van der Waals surface area contributed by atoms with E-state index in [1.54, 1.807) is 12.1 Å². The molecule has 0 aliphatic rings. The number of nitrogens with one attached hydrogen (secondary N) is 1. The van der Waals surface area contributed by atoms with Gasteiger partial charge in [-0.1, -0.05) is 17.7 Å². The van der Waals surface area contributed by atoms with Crippen LogP contribution < -0.4 is 5.32 Å². The Bertz CT molecular complexity index is 628. The van der Waals surface area contributed by atoms with Crippen molar-refractivity contribution in [3.8, 4) is 0 Å². The summed E-state index contributed by atoms with van der Waals surface area (Å²) in [5, 5.41) is 2.93. The van der Waals surface area contributed by atoms with E-state index in [0.717, 1.165) is 6.07 Å². The fourth-order valence-corrected chi connectivity index (χ4v) is 2.84. The van der Waals surface area contributed by atoms with E-state index < -0.39 is 11.7 Å². The Balaban J connectivity index is 2.34. The van der Waals surface area contributed by atoms with Crippen LogP contribution in [0.15, 0.2) is 45.3 Å². The van der Waals surface area contributed by atoms with Crippen LogP contribution in [0.5, 0.6) is 0 Å². The Morgan fingerprint density at radius 2 is 1.79 bits per heavy atom. The summed E-state index contributed by atoms with van der Waals surface area (Å²) in [5.41, 5.74) is 0.432. The molecule has 0 radical (unpaired) electrons. The first-order valence-corrected chi connectivity index (χ1v) is 7.16. The van der Waals surface area contributed by atoms with E-state index in [1.807, 2.05) is 6.07 Å². The Morgan fingerprint density at radius 1 is 1.16 bits per heavy atom. The van der Waals surface area contributed by atoms with Gasteiger partial charge in [-0.3, -0.25) is 4.79 Å². The number of rotatable bonds is 2. The van der Waals surface area contributed by atoms with E-state index in [4.69, 9.17) is 11.6 Å². The molecule has 2 aromatic carbocycles. The summed E-state index contributed by atoms with van der Waals surface area (Å²) in [7, 11) is 0. The summed E-state index contributed by atoms with van der Waals surface area (Å²) in [4.78, 5) is 12.0. The van der Waals surface area contributed by atoms with E-state index in [2.05, 4.69) is 37.2 Å². The number of benzene rings is 2. The van der Waals surface area contributed by atoms with Gasteiger partial charge in [-0.15, -0.1) is 0 Å². The molecule has 0 aromatic heterocycles. The van der Waals surface area contributed by atoms with Crippen LogP contribution in [0.2, 0.25) is 5.02 Å². The summed E-state index contributed by atoms with van der Waals surface area (Å²) in [6, 6.07) is 9.19. The Morgan fingerprint density at radius 3 is 2.42 bits per heavy atom. The maximum atomic E-state index is 13.6. The van der Waals surface area contributed by atoms with Crippen molar-refractivity contribution in [1.82, 2.24) is 0 Å². The highest BCUT2D eigenvalue weighted by Gasteiger charge is 2.15. The smallest absolute Gasteiger partial charge is 0.258 e. The van der Waals surface area contributed by atoms with Gasteiger partial charge in [0.25, 0.3) is 5.91 Å². The van der Waals surface area contributed by atoms with Crippen molar-refractivity contribution in [2.45, 2.75) is 0 Å². The summed E-state index contributed by atoms with van der Waals surface area (Å²) in [5.74, 6) is -1.18. The molecule has 0 saturated carbocycles. The van der Waals surface area contributed by atoms with Crippen molar-refractivity contribution >= 4 is 55.1 Å². The molecule has 0 aliphatic heterocycles. The average Bonchev–Trinajstić information content (AvgIpc) is 2.37. The van der Waals surface area contributed by atoms with E-state index >= 15 is 0 Å². The Hall–Kier alpha value is -0.910. The van der Waals surface area contributed by atoms with Crippen molar-refractivity contribution in [1.29, 1.82) is 0 Å². The van der Waals surface area contributed by atoms with Crippen LogP contribution in [0.3, 0.4) is 0 Å². The lowest BCUT2D eigenvalue weighted by Crippen LogP contribution is -2.14. The zero-order chi connectivity index (χ0) is 14.0. The first-order valence-electron chi connectivity index (χ1n) is 5.19. The first kappa shape index (κ1) is 14.5. The van der Waals surface area contributed by atoms with Crippen molar-refractivity contribution < 1.29 is 9.18 Å². The predicted molar refractivity (Wildman–Crippen MR) is 81.2 cm³/mol. The first-order chi connectivity index (χ1) is 8.99. The molecule has 0 saturated heterocycles. The molecule has 19 heavy (non-hydrogen) atoms. The molecule has 0 heterocycles. The van der Waals surface area contributed by atoms with Crippen LogP contribution in [0.1, 0.15) is 10.4 Å². The third-order valence-electron chi connectivity index (χ3n) is 2.37. The van der Waals surface area contributed by atoms with E-state index in [9.17, 15) is 9.18 Å². The molecule has 98 valence electrons. The zero-order valence-electron chi connectivity index (χ0n) is 9.38. The number of amides is 1. The second-order valence-corrected chi connectivity index (χ2v) is 5.82. The summed E-state index contributed by atoms with van der Waals surface area (Å²) >= 11 is 12.4. The monoisotopic (exact) mass is 405 g/mol. The third kappa shape index (κ3) is 3.35.